The van der Waals surface area contributed by atoms with E-state index in [1.807, 2.05) is 6.07 Å². The zero-order valence-corrected chi connectivity index (χ0v) is 12.5. The number of ether oxygens (including phenoxy) is 1. The van der Waals surface area contributed by atoms with Crippen molar-refractivity contribution in [3.8, 4) is 6.07 Å². The van der Waals surface area contributed by atoms with Crippen LogP contribution in [0.15, 0.2) is 0 Å². The molecule has 2 N–H and O–H groups in total. The molecule has 0 unspecified atom stereocenters. The molecule has 0 aromatic heterocycles. The Bertz CT molecular complexity index is 371. The summed E-state index contributed by atoms with van der Waals surface area (Å²) in [7, 11) is 1.51. The second-order valence-corrected chi connectivity index (χ2v) is 5.47. The van der Waals surface area contributed by atoms with Gasteiger partial charge in [0, 0.05) is 20.2 Å². The summed E-state index contributed by atoms with van der Waals surface area (Å²) in [6, 6.07) is 0.459. The highest BCUT2D eigenvalue weighted by Gasteiger charge is 2.33. The molecule has 0 aromatic rings. The molecule has 0 heterocycles. The standard InChI is InChI=1S/C13H23N3O4/c1-13(2,3)10(11(17)18)15-12(19)16(7-5-6-14)8-9-20-4/h10H,5,7-9H2,1-4H3,(H,15,19)(H,17,18)/t10-/m1/s1. The van der Waals surface area contributed by atoms with Crippen molar-refractivity contribution in [2.75, 3.05) is 26.8 Å². The third-order valence-electron chi connectivity index (χ3n) is 2.73. The number of nitrogens with one attached hydrogen (secondary N) is 1. The first-order chi connectivity index (χ1) is 9.23. The van der Waals surface area contributed by atoms with Crippen molar-refractivity contribution >= 4 is 12.0 Å². The lowest BCUT2D eigenvalue weighted by molar-refractivity contribution is -0.142. The maximum Gasteiger partial charge on any atom is 0.326 e. The highest BCUT2D eigenvalue weighted by Crippen LogP contribution is 2.19. The van der Waals surface area contributed by atoms with Crippen molar-refractivity contribution < 1.29 is 19.4 Å². The van der Waals surface area contributed by atoms with Gasteiger partial charge in [0.05, 0.1) is 19.1 Å². The minimum absolute atomic E-state index is 0.185. The van der Waals surface area contributed by atoms with E-state index in [9.17, 15) is 14.7 Å². The van der Waals surface area contributed by atoms with Crippen LogP contribution >= 0.6 is 0 Å². The largest absolute Gasteiger partial charge is 0.480 e. The lowest BCUT2D eigenvalue weighted by Gasteiger charge is -2.30. The molecule has 0 aliphatic heterocycles. The second kappa shape index (κ2) is 8.38. The van der Waals surface area contributed by atoms with Gasteiger partial charge in [-0.3, -0.25) is 0 Å². The van der Waals surface area contributed by atoms with Crippen molar-refractivity contribution in [2.24, 2.45) is 5.41 Å². The number of hydrogen-bond acceptors (Lipinski definition) is 4. The summed E-state index contributed by atoms with van der Waals surface area (Å²) in [5.41, 5.74) is -0.607. The second-order valence-electron chi connectivity index (χ2n) is 5.47. The number of carbonyl (C=O) groups is 2. The van der Waals surface area contributed by atoms with Crippen LogP contribution in [0.2, 0.25) is 0 Å². The number of carbonyl (C=O) groups excluding carboxylic acids is 1. The smallest absolute Gasteiger partial charge is 0.326 e. The van der Waals surface area contributed by atoms with Crippen LogP contribution in [0.3, 0.4) is 0 Å². The number of hydrogen-bond donors (Lipinski definition) is 2. The van der Waals surface area contributed by atoms with E-state index in [0.717, 1.165) is 0 Å². The maximum atomic E-state index is 12.1. The highest BCUT2D eigenvalue weighted by molar-refractivity contribution is 5.83. The molecule has 0 saturated carbocycles. The monoisotopic (exact) mass is 285 g/mol. The summed E-state index contributed by atoms with van der Waals surface area (Å²) in [4.78, 5) is 24.7. The first kappa shape index (κ1) is 18.2. The van der Waals surface area contributed by atoms with Crippen LogP contribution in [-0.2, 0) is 9.53 Å². The van der Waals surface area contributed by atoms with E-state index in [4.69, 9.17) is 10.00 Å². The molecule has 0 fully saturated rings. The fourth-order valence-corrected chi connectivity index (χ4v) is 1.56. The quantitative estimate of drug-likeness (QED) is 0.728. The molecule has 0 aromatic carbocycles. The third-order valence-corrected chi connectivity index (χ3v) is 2.73. The SMILES string of the molecule is COCCN(CCC#N)C(=O)N[C@H](C(=O)O)C(C)(C)C. The molecule has 0 rings (SSSR count). The van der Waals surface area contributed by atoms with Gasteiger partial charge in [0.2, 0.25) is 0 Å². The van der Waals surface area contributed by atoms with Crippen LogP contribution in [0.25, 0.3) is 0 Å². The Morgan fingerprint density at radius 1 is 1.40 bits per heavy atom. The van der Waals surface area contributed by atoms with Gasteiger partial charge in [0.25, 0.3) is 0 Å². The zero-order chi connectivity index (χ0) is 15.8. The van der Waals surface area contributed by atoms with Crippen molar-refractivity contribution in [1.29, 1.82) is 5.26 Å². The van der Waals surface area contributed by atoms with Gasteiger partial charge < -0.3 is 20.1 Å². The molecule has 114 valence electrons. The summed E-state index contributed by atoms with van der Waals surface area (Å²) < 4.78 is 4.90. The lowest BCUT2D eigenvalue weighted by atomic mass is 9.87. The number of nitriles is 1. The first-order valence-corrected chi connectivity index (χ1v) is 6.38. The van der Waals surface area contributed by atoms with Gasteiger partial charge in [-0.05, 0) is 5.41 Å². The van der Waals surface area contributed by atoms with Crippen LogP contribution in [-0.4, -0.2) is 54.9 Å². The van der Waals surface area contributed by atoms with E-state index in [1.165, 1.54) is 12.0 Å². The average Bonchev–Trinajstić information content (AvgIpc) is 2.34. The van der Waals surface area contributed by atoms with Crippen molar-refractivity contribution in [1.82, 2.24) is 10.2 Å². The van der Waals surface area contributed by atoms with Crippen molar-refractivity contribution in [3.63, 3.8) is 0 Å². The van der Waals surface area contributed by atoms with Gasteiger partial charge in [-0.1, -0.05) is 20.8 Å². The molecule has 0 spiro atoms. The molecule has 20 heavy (non-hydrogen) atoms. The number of carboxylic acid groups (broad SMARTS) is 1. The van der Waals surface area contributed by atoms with Crippen molar-refractivity contribution in [3.05, 3.63) is 0 Å². The summed E-state index contributed by atoms with van der Waals surface area (Å²) in [5.74, 6) is -1.09. The number of nitrogens with zero attached hydrogens (tertiary/aromatic N) is 2. The Labute approximate surface area is 119 Å². The van der Waals surface area contributed by atoms with E-state index in [-0.39, 0.29) is 13.0 Å². The minimum Gasteiger partial charge on any atom is -0.480 e. The number of aliphatic carboxylic acids is 1. The van der Waals surface area contributed by atoms with Gasteiger partial charge >= 0.3 is 12.0 Å². The molecule has 0 bridgehead atoms. The predicted molar refractivity (Wildman–Crippen MR) is 73.1 cm³/mol. The number of rotatable bonds is 7. The molecule has 7 nitrogen and oxygen atoms in total. The number of carboxylic acids is 1. The lowest BCUT2D eigenvalue weighted by Crippen LogP contribution is -2.53. The Morgan fingerprint density at radius 2 is 2.00 bits per heavy atom. The van der Waals surface area contributed by atoms with Crippen LogP contribution in [0.4, 0.5) is 4.79 Å². The molecule has 0 radical (unpaired) electrons. The summed E-state index contributed by atoms with van der Waals surface area (Å²) in [5, 5.41) is 20.3. The van der Waals surface area contributed by atoms with Gasteiger partial charge in [0.1, 0.15) is 6.04 Å². The Morgan fingerprint density at radius 3 is 2.40 bits per heavy atom. The maximum absolute atomic E-state index is 12.1. The van der Waals surface area contributed by atoms with Gasteiger partial charge in [-0.15, -0.1) is 0 Å². The fourth-order valence-electron chi connectivity index (χ4n) is 1.56. The van der Waals surface area contributed by atoms with Gasteiger partial charge in [-0.2, -0.15) is 5.26 Å². The zero-order valence-electron chi connectivity index (χ0n) is 12.5. The molecule has 1 atom stereocenters. The third kappa shape index (κ3) is 6.38. The number of urea groups is 1. The average molecular weight is 285 g/mol. The minimum atomic E-state index is -1.09. The molecule has 0 aliphatic rings. The molecule has 0 aliphatic carbocycles. The molecule has 7 heteroatoms. The topological polar surface area (TPSA) is 103 Å². The van der Waals surface area contributed by atoms with E-state index in [2.05, 4.69) is 5.32 Å². The van der Waals surface area contributed by atoms with Crippen LogP contribution in [0.1, 0.15) is 27.2 Å². The molecule has 0 saturated heterocycles. The Kier molecular flexibility index (Phi) is 7.62. The number of methoxy groups -OCH3 is 1. The van der Waals surface area contributed by atoms with Gasteiger partial charge in [-0.25, -0.2) is 9.59 Å². The summed E-state index contributed by atoms with van der Waals surface area (Å²) >= 11 is 0. The van der Waals surface area contributed by atoms with Crippen molar-refractivity contribution in [2.45, 2.75) is 33.2 Å². The molecular formula is C13H23N3O4. The van der Waals surface area contributed by atoms with E-state index < -0.39 is 23.5 Å². The normalized spacial score (nSPS) is 12.3. The summed E-state index contributed by atoms with van der Waals surface area (Å²) in [6.45, 7) is 6.08. The van der Waals surface area contributed by atoms with Crippen LogP contribution in [0.5, 0.6) is 0 Å². The Balaban J connectivity index is 4.78. The highest BCUT2D eigenvalue weighted by atomic mass is 16.5. The Hall–Kier alpha value is -1.81. The van der Waals surface area contributed by atoms with Crippen LogP contribution < -0.4 is 5.32 Å². The van der Waals surface area contributed by atoms with Crippen LogP contribution in [0, 0.1) is 16.7 Å². The fraction of sp³-hybridized carbons (Fsp3) is 0.769. The van der Waals surface area contributed by atoms with E-state index in [0.29, 0.717) is 13.2 Å². The molecule has 2 amide bonds. The van der Waals surface area contributed by atoms with E-state index in [1.54, 1.807) is 20.8 Å². The first-order valence-electron chi connectivity index (χ1n) is 6.38. The van der Waals surface area contributed by atoms with E-state index >= 15 is 0 Å². The number of amides is 2. The predicted octanol–water partition coefficient (Wildman–Crippen LogP) is 1.06. The molecular weight excluding hydrogens is 262 g/mol. The summed E-state index contributed by atoms with van der Waals surface area (Å²) in [6.07, 6.45) is 0.185. The van der Waals surface area contributed by atoms with Gasteiger partial charge in [0.15, 0.2) is 0 Å².